The fourth-order valence-corrected chi connectivity index (χ4v) is 4.14. The lowest BCUT2D eigenvalue weighted by Gasteiger charge is -2.23. The Labute approximate surface area is 202 Å². The summed E-state index contributed by atoms with van der Waals surface area (Å²) < 4.78 is 16.9. The molecule has 35 heavy (non-hydrogen) atoms. The van der Waals surface area contributed by atoms with E-state index in [4.69, 9.17) is 13.9 Å². The highest BCUT2D eigenvalue weighted by Gasteiger charge is 2.29. The Bertz CT molecular complexity index is 1420. The smallest absolute Gasteiger partial charge is 0.306 e. The van der Waals surface area contributed by atoms with Gasteiger partial charge in [0.15, 0.2) is 0 Å². The molecule has 0 saturated heterocycles. The molecule has 0 radical (unpaired) electrons. The average Bonchev–Trinajstić information content (AvgIpc) is 2.84. The molecule has 0 unspecified atom stereocenters. The second-order valence-electron chi connectivity index (χ2n) is 8.44. The van der Waals surface area contributed by atoms with Crippen molar-refractivity contribution in [2.45, 2.75) is 32.3 Å². The Kier molecular flexibility index (Phi) is 6.78. The Hall–Kier alpha value is -4.26. The number of carbonyl (C=O) groups is 1. The lowest BCUT2D eigenvalue weighted by Crippen LogP contribution is -2.15. The monoisotopic (exact) mass is 474 g/mol. The number of benzene rings is 3. The maximum absolute atomic E-state index is 13.4. The Balaban J connectivity index is 1.95. The van der Waals surface area contributed by atoms with E-state index < -0.39 is 11.9 Å². The van der Waals surface area contributed by atoms with Crippen LogP contribution in [0.4, 0.5) is 0 Å². The fraction of sp³-hybridized carbons (Fsp3) is 0.214. The standard InChI is InChI=1S/C28H26O7/c1-16(2)35-24-7-5-4-6-19(24)21(14-25(31)33-3)26-23(30)13-12-20-27(32)22(15-34-28(20)26)17-8-10-18(29)11-9-17/h4-13,15-16,21,29-30H,14H2,1-3H3/t21-/m0/s1. The topological polar surface area (TPSA) is 106 Å². The zero-order chi connectivity index (χ0) is 25.1. The second kappa shape index (κ2) is 9.93. The van der Waals surface area contributed by atoms with Crippen molar-refractivity contribution in [1.29, 1.82) is 0 Å². The molecule has 0 saturated carbocycles. The Morgan fingerprint density at radius 3 is 2.40 bits per heavy atom. The maximum Gasteiger partial charge on any atom is 0.306 e. The number of aromatic hydroxyl groups is 2. The van der Waals surface area contributed by atoms with Gasteiger partial charge < -0.3 is 24.1 Å². The lowest BCUT2D eigenvalue weighted by atomic mass is 9.86. The number of methoxy groups -OCH3 is 1. The van der Waals surface area contributed by atoms with Gasteiger partial charge >= 0.3 is 5.97 Å². The van der Waals surface area contributed by atoms with Gasteiger partial charge in [-0.25, -0.2) is 0 Å². The Morgan fingerprint density at radius 1 is 1.00 bits per heavy atom. The normalized spacial score (nSPS) is 12.0. The number of phenolic OH excluding ortho intramolecular Hbond substituents is 2. The van der Waals surface area contributed by atoms with Crippen molar-refractivity contribution in [2.24, 2.45) is 0 Å². The minimum absolute atomic E-state index is 0.0825. The highest BCUT2D eigenvalue weighted by molar-refractivity contribution is 5.87. The van der Waals surface area contributed by atoms with Gasteiger partial charge in [-0.15, -0.1) is 0 Å². The molecule has 0 aliphatic heterocycles. The van der Waals surface area contributed by atoms with E-state index in [1.54, 1.807) is 18.2 Å². The van der Waals surface area contributed by atoms with Crippen LogP contribution in [0.25, 0.3) is 22.1 Å². The van der Waals surface area contributed by atoms with Crippen LogP contribution in [0, 0.1) is 0 Å². The quantitative estimate of drug-likeness (QED) is 0.348. The predicted molar refractivity (Wildman–Crippen MR) is 132 cm³/mol. The number of rotatable bonds is 7. The largest absolute Gasteiger partial charge is 0.508 e. The van der Waals surface area contributed by atoms with E-state index in [-0.39, 0.29) is 40.4 Å². The van der Waals surface area contributed by atoms with Crippen LogP contribution < -0.4 is 10.2 Å². The molecule has 4 rings (SSSR count). The van der Waals surface area contributed by atoms with Gasteiger partial charge in [-0.1, -0.05) is 30.3 Å². The first-order valence-corrected chi connectivity index (χ1v) is 11.2. The van der Waals surface area contributed by atoms with E-state index in [2.05, 4.69) is 0 Å². The Morgan fingerprint density at radius 2 is 1.71 bits per heavy atom. The first kappa shape index (κ1) is 23.9. The molecule has 7 heteroatoms. The number of ether oxygens (including phenoxy) is 2. The van der Waals surface area contributed by atoms with Gasteiger partial charge in [0, 0.05) is 17.0 Å². The molecule has 0 aliphatic carbocycles. The molecule has 3 aromatic carbocycles. The summed E-state index contributed by atoms with van der Waals surface area (Å²) in [6.45, 7) is 3.79. The lowest BCUT2D eigenvalue weighted by molar-refractivity contribution is -0.140. The molecule has 0 bridgehead atoms. The molecule has 1 heterocycles. The van der Waals surface area contributed by atoms with Crippen LogP contribution in [0.1, 0.15) is 37.3 Å². The molecular weight excluding hydrogens is 448 g/mol. The molecule has 1 aromatic heterocycles. The van der Waals surface area contributed by atoms with Crippen LogP contribution in [-0.2, 0) is 9.53 Å². The number of para-hydroxylation sites is 1. The molecule has 0 aliphatic rings. The third-order valence-corrected chi connectivity index (χ3v) is 5.74. The van der Waals surface area contributed by atoms with Gasteiger partial charge in [-0.05, 0) is 49.7 Å². The summed E-state index contributed by atoms with van der Waals surface area (Å²) in [5, 5.41) is 20.7. The van der Waals surface area contributed by atoms with Crippen LogP contribution in [0.15, 0.2) is 76.1 Å². The number of phenols is 2. The minimum atomic E-state index is -0.705. The maximum atomic E-state index is 13.4. The van der Waals surface area contributed by atoms with E-state index in [9.17, 15) is 19.8 Å². The third kappa shape index (κ3) is 4.84. The zero-order valence-corrected chi connectivity index (χ0v) is 19.6. The first-order chi connectivity index (χ1) is 16.8. The van der Waals surface area contributed by atoms with Gasteiger partial charge in [0.05, 0.1) is 30.6 Å². The van der Waals surface area contributed by atoms with Crippen molar-refractivity contribution in [3.05, 3.63) is 88.3 Å². The fourth-order valence-electron chi connectivity index (χ4n) is 4.14. The minimum Gasteiger partial charge on any atom is -0.508 e. The third-order valence-electron chi connectivity index (χ3n) is 5.74. The first-order valence-electron chi connectivity index (χ1n) is 11.2. The molecule has 4 aromatic rings. The van der Waals surface area contributed by atoms with E-state index in [0.29, 0.717) is 28.0 Å². The molecule has 2 N–H and O–H groups in total. The molecule has 0 spiro atoms. The molecule has 0 amide bonds. The van der Waals surface area contributed by atoms with Crippen LogP contribution in [0.5, 0.6) is 17.2 Å². The molecule has 7 nitrogen and oxygen atoms in total. The molecular formula is C28H26O7. The van der Waals surface area contributed by atoms with Gasteiger partial charge in [0.25, 0.3) is 0 Å². The van der Waals surface area contributed by atoms with Crippen molar-refractivity contribution in [3.63, 3.8) is 0 Å². The van der Waals surface area contributed by atoms with Crippen molar-refractivity contribution in [2.75, 3.05) is 7.11 Å². The van der Waals surface area contributed by atoms with Gasteiger partial charge in [-0.3, -0.25) is 9.59 Å². The number of carbonyl (C=O) groups excluding carboxylic acids is 1. The van der Waals surface area contributed by atoms with E-state index in [1.165, 1.54) is 37.6 Å². The van der Waals surface area contributed by atoms with E-state index >= 15 is 0 Å². The van der Waals surface area contributed by atoms with Crippen LogP contribution in [0.2, 0.25) is 0 Å². The second-order valence-corrected chi connectivity index (χ2v) is 8.44. The van der Waals surface area contributed by atoms with Crippen LogP contribution in [-0.4, -0.2) is 29.4 Å². The molecule has 180 valence electrons. The average molecular weight is 475 g/mol. The molecule has 0 fully saturated rings. The van der Waals surface area contributed by atoms with Crippen LogP contribution in [0.3, 0.4) is 0 Å². The number of esters is 1. The SMILES string of the molecule is COC(=O)C[C@@H](c1ccccc1OC(C)C)c1c(O)ccc2c(=O)c(-c3ccc(O)cc3)coc12. The van der Waals surface area contributed by atoms with Crippen molar-refractivity contribution < 1.29 is 28.9 Å². The molecule has 1 atom stereocenters. The van der Waals surface area contributed by atoms with Crippen LogP contribution >= 0.6 is 0 Å². The van der Waals surface area contributed by atoms with Crippen molar-refractivity contribution >= 4 is 16.9 Å². The van der Waals surface area contributed by atoms with Crippen molar-refractivity contribution in [3.8, 4) is 28.4 Å². The number of fused-ring (bicyclic) bond motifs is 1. The number of hydrogen-bond acceptors (Lipinski definition) is 7. The summed E-state index contributed by atoms with van der Waals surface area (Å²) in [5.74, 6) is -0.682. The highest BCUT2D eigenvalue weighted by atomic mass is 16.5. The number of hydrogen-bond donors (Lipinski definition) is 2. The highest BCUT2D eigenvalue weighted by Crippen LogP contribution is 2.42. The van der Waals surface area contributed by atoms with Gasteiger partial charge in [0.1, 0.15) is 29.1 Å². The van der Waals surface area contributed by atoms with Crippen molar-refractivity contribution in [1.82, 2.24) is 0 Å². The van der Waals surface area contributed by atoms with Gasteiger partial charge in [-0.2, -0.15) is 0 Å². The summed E-state index contributed by atoms with van der Waals surface area (Å²) in [7, 11) is 1.29. The zero-order valence-electron chi connectivity index (χ0n) is 19.6. The van der Waals surface area contributed by atoms with E-state index in [0.717, 1.165) is 0 Å². The summed E-state index contributed by atoms with van der Waals surface area (Å²) in [4.78, 5) is 25.8. The summed E-state index contributed by atoms with van der Waals surface area (Å²) in [6.07, 6.45) is 1.10. The predicted octanol–water partition coefficient (Wildman–Crippen LogP) is 5.35. The summed E-state index contributed by atoms with van der Waals surface area (Å²) >= 11 is 0. The van der Waals surface area contributed by atoms with Gasteiger partial charge in [0.2, 0.25) is 5.43 Å². The summed E-state index contributed by atoms with van der Waals surface area (Å²) in [5.41, 5.74) is 1.70. The summed E-state index contributed by atoms with van der Waals surface area (Å²) in [6, 6.07) is 16.4. The van der Waals surface area contributed by atoms with E-state index in [1.807, 2.05) is 32.0 Å².